The van der Waals surface area contributed by atoms with E-state index in [0.717, 1.165) is 4.68 Å². The summed E-state index contributed by atoms with van der Waals surface area (Å²) in [6, 6.07) is 4.62. The quantitative estimate of drug-likeness (QED) is 0.546. The van der Waals surface area contributed by atoms with Crippen molar-refractivity contribution in [3.63, 3.8) is 0 Å². The Morgan fingerprint density at radius 3 is 2.45 bits per heavy atom. The minimum atomic E-state index is -0.723. The van der Waals surface area contributed by atoms with Crippen molar-refractivity contribution in [1.29, 1.82) is 0 Å². The summed E-state index contributed by atoms with van der Waals surface area (Å²) in [7, 11) is 0. The number of hydrogen-bond acceptors (Lipinski definition) is 5. The summed E-state index contributed by atoms with van der Waals surface area (Å²) < 4.78 is 3.63. The predicted octanol–water partition coefficient (Wildman–Crippen LogP) is 0.728. The lowest BCUT2D eigenvalue weighted by Crippen LogP contribution is -2.30. The molecule has 0 aliphatic rings. The lowest BCUT2D eigenvalue weighted by atomic mass is 10.1. The first-order valence-corrected chi connectivity index (χ1v) is 10.3. The normalized spacial score (nSPS) is 11.7. The summed E-state index contributed by atoms with van der Waals surface area (Å²) in [5.74, 6) is -0.304. The SMILES string of the molecule is CC(C)CCn1c(=O)c2ccc(C(=O)NCC(C)C)cc2n2c(=O)n(CC(N)=O)nc12. The third kappa shape index (κ3) is 4.52. The fraction of sp³-hybridized carbons (Fsp3) is 0.476. The van der Waals surface area contributed by atoms with Crippen molar-refractivity contribution in [2.24, 2.45) is 17.6 Å². The first-order chi connectivity index (χ1) is 14.6. The van der Waals surface area contributed by atoms with Gasteiger partial charge in [-0.15, -0.1) is 5.10 Å². The zero-order valence-electron chi connectivity index (χ0n) is 18.2. The Morgan fingerprint density at radius 2 is 1.84 bits per heavy atom. The Balaban J connectivity index is 2.27. The number of aryl methyl sites for hydroxylation is 1. The predicted molar refractivity (Wildman–Crippen MR) is 117 cm³/mol. The third-order valence-corrected chi connectivity index (χ3v) is 4.95. The van der Waals surface area contributed by atoms with Gasteiger partial charge in [0, 0.05) is 18.7 Å². The van der Waals surface area contributed by atoms with Crippen LogP contribution in [0.2, 0.25) is 0 Å². The summed E-state index contributed by atoms with van der Waals surface area (Å²) in [4.78, 5) is 50.1. The number of amides is 2. The van der Waals surface area contributed by atoms with Crippen molar-refractivity contribution < 1.29 is 9.59 Å². The van der Waals surface area contributed by atoms with Crippen molar-refractivity contribution in [2.45, 2.75) is 47.2 Å². The molecule has 1 aromatic carbocycles. The number of hydrogen-bond donors (Lipinski definition) is 2. The monoisotopic (exact) mass is 428 g/mol. The summed E-state index contributed by atoms with van der Waals surface area (Å²) in [6.07, 6.45) is 0.702. The summed E-state index contributed by atoms with van der Waals surface area (Å²) in [6.45, 7) is 8.48. The first kappa shape index (κ1) is 22.3. The number of rotatable bonds is 8. The zero-order chi connectivity index (χ0) is 22.9. The van der Waals surface area contributed by atoms with Crippen LogP contribution in [0, 0.1) is 11.8 Å². The highest BCUT2D eigenvalue weighted by Gasteiger charge is 2.19. The lowest BCUT2D eigenvalue weighted by Gasteiger charge is -2.12. The van der Waals surface area contributed by atoms with Gasteiger partial charge in [0.2, 0.25) is 11.7 Å². The van der Waals surface area contributed by atoms with Crippen LogP contribution in [0.5, 0.6) is 0 Å². The smallest absolute Gasteiger partial charge is 0.352 e. The van der Waals surface area contributed by atoms with E-state index >= 15 is 0 Å². The fourth-order valence-corrected chi connectivity index (χ4v) is 3.30. The van der Waals surface area contributed by atoms with Crippen LogP contribution < -0.4 is 22.3 Å². The fourth-order valence-electron chi connectivity index (χ4n) is 3.30. The summed E-state index contributed by atoms with van der Waals surface area (Å²) in [5.41, 5.74) is 4.92. The highest BCUT2D eigenvalue weighted by Crippen LogP contribution is 2.15. The highest BCUT2D eigenvalue weighted by atomic mass is 16.2. The lowest BCUT2D eigenvalue weighted by molar-refractivity contribution is -0.118. The molecule has 10 heteroatoms. The van der Waals surface area contributed by atoms with Gasteiger partial charge in [-0.05, 0) is 36.5 Å². The maximum Gasteiger partial charge on any atom is 0.352 e. The van der Waals surface area contributed by atoms with Gasteiger partial charge in [0.25, 0.3) is 11.5 Å². The molecule has 0 unspecified atom stereocenters. The van der Waals surface area contributed by atoms with Crippen molar-refractivity contribution in [3.05, 3.63) is 44.6 Å². The van der Waals surface area contributed by atoms with Crippen LogP contribution in [0.3, 0.4) is 0 Å². The minimum absolute atomic E-state index is 0.115. The molecular formula is C21H28N6O4. The Morgan fingerprint density at radius 1 is 1.13 bits per heavy atom. The maximum atomic E-state index is 13.2. The standard InChI is InChI=1S/C21H28N6O4/c1-12(2)7-8-25-19(30)15-6-5-14(18(29)23-10-13(3)4)9-16(15)27-20(25)24-26(21(27)31)11-17(22)28/h5-6,9,12-13H,7-8,10-11H2,1-4H3,(H2,22,28)(H,23,29). The van der Waals surface area contributed by atoms with E-state index < -0.39 is 18.1 Å². The molecule has 0 atom stereocenters. The molecule has 0 spiro atoms. The Kier molecular flexibility index (Phi) is 6.28. The Hall–Kier alpha value is -3.43. The van der Waals surface area contributed by atoms with Crippen LogP contribution >= 0.6 is 0 Å². The molecule has 166 valence electrons. The summed E-state index contributed by atoms with van der Waals surface area (Å²) in [5, 5.41) is 7.32. The highest BCUT2D eigenvalue weighted by molar-refractivity contribution is 5.98. The number of carbonyl (C=O) groups excluding carboxylic acids is 2. The second-order valence-corrected chi connectivity index (χ2v) is 8.52. The van der Waals surface area contributed by atoms with Gasteiger partial charge in [-0.1, -0.05) is 27.7 Å². The van der Waals surface area contributed by atoms with Crippen molar-refractivity contribution >= 4 is 28.5 Å². The molecule has 31 heavy (non-hydrogen) atoms. The van der Waals surface area contributed by atoms with E-state index in [1.165, 1.54) is 15.0 Å². The number of primary amides is 1. The molecule has 0 saturated heterocycles. The molecule has 0 aliphatic heterocycles. The van der Waals surface area contributed by atoms with Crippen molar-refractivity contribution in [3.8, 4) is 0 Å². The number of fused-ring (bicyclic) bond motifs is 3. The van der Waals surface area contributed by atoms with Crippen molar-refractivity contribution in [2.75, 3.05) is 6.54 Å². The van der Waals surface area contributed by atoms with E-state index in [1.807, 2.05) is 27.7 Å². The topological polar surface area (TPSA) is 133 Å². The first-order valence-electron chi connectivity index (χ1n) is 10.3. The van der Waals surface area contributed by atoms with Gasteiger partial charge in [0.1, 0.15) is 6.54 Å². The molecule has 0 aliphatic carbocycles. The minimum Gasteiger partial charge on any atom is -0.368 e. The Bertz CT molecular complexity index is 1260. The van der Waals surface area contributed by atoms with Gasteiger partial charge in [-0.2, -0.15) is 0 Å². The number of aromatic nitrogens is 4. The zero-order valence-corrected chi connectivity index (χ0v) is 18.2. The maximum absolute atomic E-state index is 13.2. The van der Waals surface area contributed by atoms with E-state index in [0.29, 0.717) is 31.0 Å². The second-order valence-electron chi connectivity index (χ2n) is 8.52. The van der Waals surface area contributed by atoms with Crippen LogP contribution in [0.1, 0.15) is 44.5 Å². The molecule has 2 amide bonds. The van der Waals surface area contributed by atoms with Crippen LogP contribution in [0.25, 0.3) is 16.7 Å². The number of benzene rings is 1. The molecular weight excluding hydrogens is 400 g/mol. The number of nitrogens with two attached hydrogens (primary N) is 1. The van der Waals surface area contributed by atoms with Gasteiger partial charge in [0.05, 0.1) is 10.9 Å². The Labute approximate surface area is 178 Å². The second kappa shape index (κ2) is 8.75. The molecule has 3 rings (SSSR count). The molecule has 3 N–H and O–H groups in total. The molecule has 2 heterocycles. The van der Waals surface area contributed by atoms with Crippen LogP contribution in [0.4, 0.5) is 0 Å². The largest absolute Gasteiger partial charge is 0.368 e. The molecule has 2 aromatic heterocycles. The average Bonchev–Trinajstić information content (AvgIpc) is 3.00. The van der Waals surface area contributed by atoms with E-state index in [4.69, 9.17) is 5.73 Å². The van der Waals surface area contributed by atoms with Gasteiger partial charge in [-0.3, -0.25) is 19.0 Å². The van der Waals surface area contributed by atoms with Gasteiger partial charge in [-0.25, -0.2) is 13.9 Å². The van der Waals surface area contributed by atoms with E-state index in [1.54, 1.807) is 12.1 Å². The number of nitrogens with zero attached hydrogens (tertiary/aromatic N) is 4. The molecule has 0 bridgehead atoms. The van der Waals surface area contributed by atoms with E-state index in [9.17, 15) is 19.2 Å². The van der Waals surface area contributed by atoms with Crippen molar-refractivity contribution in [1.82, 2.24) is 24.1 Å². The molecule has 0 saturated carbocycles. The third-order valence-electron chi connectivity index (χ3n) is 4.95. The molecule has 10 nitrogen and oxygen atoms in total. The van der Waals surface area contributed by atoms with E-state index in [-0.39, 0.29) is 34.1 Å². The summed E-state index contributed by atoms with van der Waals surface area (Å²) >= 11 is 0. The van der Waals surface area contributed by atoms with Gasteiger partial charge in [0.15, 0.2) is 0 Å². The molecule has 0 fully saturated rings. The van der Waals surface area contributed by atoms with E-state index in [2.05, 4.69) is 10.4 Å². The number of carbonyl (C=O) groups is 2. The molecule has 3 aromatic rings. The van der Waals surface area contributed by atoms with Crippen LogP contribution in [0.15, 0.2) is 27.8 Å². The van der Waals surface area contributed by atoms with Crippen LogP contribution in [-0.4, -0.2) is 37.1 Å². The molecule has 0 radical (unpaired) electrons. The van der Waals surface area contributed by atoms with Gasteiger partial charge >= 0.3 is 5.69 Å². The van der Waals surface area contributed by atoms with Crippen LogP contribution in [-0.2, 0) is 17.9 Å². The average molecular weight is 428 g/mol. The number of nitrogens with one attached hydrogen (secondary N) is 1. The van der Waals surface area contributed by atoms with Gasteiger partial charge < -0.3 is 11.1 Å².